The van der Waals surface area contributed by atoms with Crippen molar-refractivity contribution in [1.82, 2.24) is 19.8 Å². The van der Waals surface area contributed by atoms with Crippen LogP contribution in [0.5, 0.6) is 0 Å². The summed E-state index contributed by atoms with van der Waals surface area (Å²) in [5, 5.41) is 0. The van der Waals surface area contributed by atoms with Gasteiger partial charge in [0.05, 0.1) is 23.2 Å². The second-order valence-corrected chi connectivity index (χ2v) is 9.62. The molecule has 5 heteroatoms. The normalized spacial score (nSPS) is 28.3. The second kappa shape index (κ2) is 7.84. The molecule has 0 bridgehead atoms. The molecule has 27 heavy (non-hydrogen) atoms. The summed E-state index contributed by atoms with van der Waals surface area (Å²) >= 11 is 0. The molecule has 4 heterocycles. The van der Waals surface area contributed by atoms with Crippen LogP contribution < -0.4 is 0 Å². The minimum absolute atomic E-state index is 0.0597. The number of likely N-dealkylation sites (tertiary alicyclic amines) is 1. The molecule has 3 aliphatic heterocycles. The van der Waals surface area contributed by atoms with Gasteiger partial charge in [-0.25, -0.2) is 4.98 Å². The lowest BCUT2D eigenvalue weighted by molar-refractivity contribution is -0.0803. The van der Waals surface area contributed by atoms with Gasteiger partial charge >= 0.3 is 0 Å². The van der Waals surface area contributed by atoms with E-state index < -0.39 is 0 Å². The molecule has 0 amide bonds. The van der Waals surface area contributed by atoms with Gasteiger partial charge in [0.15, 0.2) is 0 Å². The van der Waals surface area contributed by atoms with E-state index in [0.717, 1.165) is 18.9 Å². The van der Waals surface area contributed by atoms with E-state index in [9.17, 15) is 0 Å². The van der Waals surface area contributed by atoms with Crippen LogP contribution in [0.4, 0.5) is 0 Å². The largest absolute Gasteiger partial charge is 0.376 e. The molecule has 5 nitrogen and oxygen atoms in total. The summed E-state index contributed by atoms with van der Waals surface area (Å²) < 4.78 is 5.92. The molecule has 1 aromatic heterocycles. The Hall–Kier alpha value is -0.910. The van der Waals surface area contributed by atoms with Gasteiger partial charge in [-0.1, -0.05) is 13.3 Å². The molecule has 0 radical (unpaired) electrons. The van der Waals surface area contributed by atoms with Crippen LogP contribution in [0.25, 0.3) is 0 Å². The van der Waals surface area contributed by atoms with Crippen LogP contribution in [-0.4, -0.2) is 64.7 Å². The molecule has 0 aliphatic carbocycles. The van der Waals surface area contributed by atoms with Crippen molar-refractivity contribution < 1.29 is 4.74 Å². The number of H-pyrrole nitrogens is 1. The molecule has 1 aromatic rings. The van der Waals surface area contributed by atoms with Crippen LogP contribution in [0, 0.1) is 5.92 Å². The first-order valence-electron chi connectivity index (χ1n) is 11.2. The number of hydrogen-bond acceptors (Lipinski definition) is 4. The smallest absolute Gasteiger partial charge is 0.0926 e. The Labute approximate surface area is 164 Å². The highest BCUT2D eigenvalue weighted by atomic mass is 16.5. The van der Waals surface area contributed by atoms with E-state index in [1.807, 2.05) is 6.33 Å². The third-order valence-electron chi connectivity index (χ3n) is 7.18. The highest BCUT2D eigenvalue weighted by Gasteiger charge is 2.46. The van der Waals surface area contributed by atoms with Gasteiger partial charge in [-0.3, -0.25) is 4.90 Å². The second-order valence-electron chi connectivity index (χ2n) is 9.62. The Kier molecular flexibility index (Phi) is 5.64. The van der Waals surface area contributed by atoms with Crippen molar-refractivity contribution in [3.8, 4) is 0 Å². The average Bonchev–Trinajstić information content (AvgIpc) is 3.12. The van der Waals surface area contributed by atoms with Crippen LogP contribution in [0.15, 0.2) is 6.33 Å². The first-order chi connectivity index (χ1) is 13.0. The number of rotatable bonds is 5. The summed E-state index contributed by atoms with van der Waals surface area (Å²) in [4.78, 5) is 13.7. The quantitative estimate of drug-likeness (QED) is 0.856. The van der Waals surface area contributed by atoms with Gasteiger partial charge in [-0.05, 0) is 58.4 Å². The Balaban J connectivity index is 1.43. The van der Waals surface area contributed by atoms with Gasteiger partial charge in [0.25, 0.3) is 0 Å². The number of aromatic nitrogens is 2. The maximum Gasteiger partial charge on any atom is 0.0926 e. The summed E-state index contributed by atoms with van der Waals surface area (Å²) in [5.74, 6) is 0.784. The van der Waals surface area contributed by atoms with Crippen LogP contribution in [0.3, 0.4) is 0 Å². The molecule has 2 fully saturated rings. The van der Waals surface area contributed by atoms with Crippen molar-refractivity contribution in [3.63, 3.8) is 0 Å². The lowest BCUT2D eigenvalue weighted by Crippen LogP contribution is -2.57. The Morgan fingerprint density at radius 3 is 2.81 bits per heavy atom. The van der Waals surface area contributed by atoms with Crippen LogP contribution in [-0.2, 0) is 16.7 Å². The van der Waals surface area contributed by atoms with Gasteiger partial charge in [-0.2, -0.15) is 0 Å². The fourth-order valence-electron chi connectivity index (χ4n) is 5.74. The van der Waals surface area contributed by atoms with Crippen molar-refractivity contribution in [1.29, 1.82) is 0 Å². The summed E-state index contributed by atoms with van der Waals surface area (Å²) in [6.45, 7) is 13.8. The molecular formula is C22H38N4O. The Bertz CT molecular complexity index is 618. The standard InChI is InChI=1S/C22H38N4O/c1-4-5-10-26-11-6-19-20(24-17-23-19)22(26)8-12-25(13-9-22)16-18-7-14-27-21(2,3)15-18/h17-18H,4-16H2,1-3H3,(H,23,24)/t18-/m0/s1. The van der Waals surface area contributed by atoms with Gasteiger partial charge in [0, 0.05) is 44.9 Å². The number of hydrogen-bond donors (Lipinski definition) is 1. The highest BCUT2D eigenvalue weighted by Crippen LogP contribution is 2.42. The minimum atomic E-state index is 0.0597. The average molecular weight is 375 g/mol. The SMILES string of the molecule is CCCCN1CCc2[nH]cnc2C12CCN(C[C@H]1CCOC(C)(C)C1)CC2. The molecule has 1 atom stereocenters. The van der Waals surface area contributed by atoms with Crippen molar-refractivity contribution in [2.45, 2.75) is 76.9 Å². The number of ether oxygens (including phenoxy) is 1. The number of unbranched alkanes of at least 4 members (excludes halogenated alkanes) is 1. The zero-order chi connectivity index (χ0) is 18.9. The summed E-state index contributed by atoms with van der Waals surface area (Å²) in [6, 6.07) is 0. The van der Waals surface area contributed by atoms with Crippen LogP contribution in [0.1, 0.15) is 70.7 Å². The fraction of sp³-hybridized carbons (Fsp3) is 0.864. The molecule has 0 saturated carbocycles. The Morgan fingerprint density at radius 1 is 1.26 bits per heavy atom. The third kappa shape index (κ3) is 3.96. The van der Waals surface area contributed by atoms with Gasteiger partial charge in [0.1, 0.15) is 0 Å². The van der Waals surface area contributed by atoms with Crippen LogP contribution >= 0.6 is 0 Å². The highest BCUT2D eigenvalue weighted by molar-refractivity contribution is 5.26. The first-order valence-corrected chi connectivity index (χ1v) is 11.2. The molecular weight excluding hydrogens is 336 g/mol. The lowest BCUT2D eigenvalue weighted by Gasteiger charge is -2.51. The predicted octanol–water partition coefficient (Wildman–Crippen LogP) is 3.56. The number of piperidine rings is 1. The molecule has 1 N–H and O–H groups in total. The monoisotopic (exact) mass is 374 g/mol. The molecule has 4 rings (SSSR count). The van der Waals surface area contributed by atoms with Crippen molar-refractivity contribution >= 4 is 0 Å². The molecule has 2 saturated heterocycles. The molecule has 152 valence electrons. The number of fused-ring (bicyclic) bond motifs is 2. The molecule has 0 aromatic carbocycles. The van der Waals surface area contributed by atoms with Crippen molar-refractivity contribution in [3.05, 3.63) is 17.7 Å². The summed E-state index contributed by atoms with van der Waals surface area (Å²) in [7, 11) is 0. The zero-order valence-electron chi connectivity index (χ0n) is 17.6. The van der Waals surface area contributed by atoms with E-state index >= 15 is 0 Å². The van der Waals surface area contributed by atoms with Gasteiger partial charge in [-0.15, -0.1) is 0 Å². The van der Waals surface area contributed by atoms with Crippen molar-refractivity contribution in [2.75, 3.05) is 39.3 Å². The van der Waals surface area contributed by atoms with Gasteiger partial charge < -0.3 is 14.6 Å². The molecule has 1 spiro atoms. The zero-order valence-corrected chi connectivity index (χ0v) is 17.6. The topological polar surface area (TPSA) is 44.4 Å². The number of aromatic amines is 1. The summed E-state index contributed by atoms with van der Waals surface area (Å²) in [6.07, 6.45) is 10.5. The fourth-order valence-corrected chi connectivity index (χ4v) is 5.74. The maximum absolute atomic E-state index is 5.92. The molecule has 3 aliphatic rings. The minimum Gasteiger partial charge on any atom is -0.376 e. The van der Waals surface area contributed by atoms with E-state index in [1.165, 1.54) is 82.6 Å². The van der Waals surface area contributed by atoms with Gasteiger partial charge in [0.2, 0.25) is 0 Å². The van der Waals surface area contributed by atoms with Crippen molar-refractivity contribution in [2.24, 2.45) is 5.92 Å². The number of imidazole rings is 1. The predicted molar refractivity (Wildman–Crippen MR) is 109 cm³/mol. The van der Waals surface area contributed by atoms with Crippen LogP contribution in [0.2, 0.25) is 0 Å². The first kappa shape index (κ1) is 19.4. The third-order valence-corrected chi connectivity index (χ3v) is 7.18. The van der Waals surface area contributed by atoms with E-state index in [-0.39, 0.29) is 11.1 Å². The Morgan fingerprint density at radius 2 is 2.07 bits per heavy atom. The van der Waals surface area contributed by atoms with E-state index in [2.05, 4.69) is 35.6 Å². The summed E-state index contributed by atoms with van der Waals surface area (Å²) in [5.41, 5.74) is 2.98. The lowest BCUT2D eigenvalue weighted by atomic mass is 9.78. The van der Waals surface area contributed by atoms with E-state index in [0.29, 0.717) is 0 Å². The van der Waals surface area contributed by atoms with E-state index in [1.54, 1.807) is 0 Å². The maximum atomic E-state index is 5.92. The number of nitrogens with one attached hydrogen (secondary N) is 1. The molecule has 0 unspecified atom stereocenters. The number of nitrogens with zero attached hydrogens (tertiary/aromatic N) is 3. The van der Waals surface area contributed by atoms with E-state index in [4.69, 9.17) is 9.72 Å².